The standard InChI is InChI=1S/C17H24N4O4/c1-3-18-17(23)12-19-7-4-8-20(10-9-19)15-6-5-14(13(2)22)11-16(15)21(24)25/h5-6,11H,3-4,7-10,12H2,1-2H3,(H,18,23). The van der Waals surface area contributed by atoms with E-state index in [2.05, 4.69) is 10.2 Å². The third-order valence-corrected chi connectivity index (χ3v) is 4.25. The van der Waals surface area contributed by atoms with Crippen molar-refractivity contribution in [3.05, 3.63) is 33.9 Å². The summed E-state index contributed by atoms with van der Waals surface area (Å²) < 4.78 is 0. The van der Waals surface area contributed by atoms with E-state index in [1.54, 1.807) is 12.1 Å². The fourth-order valence-electron chi connectivity index (χ4n) is 2.98. The number of likely N-dealkylation sites (N-methyl/N-ethyl adjacent to an activating group) is 1. The van der Waals surface area contributed by atoms with Gasteiger partial charge < -0.3 is 10.2 Å². The molecule has 1 aromatic rings. The van der Waals surface area contributed by atoms with E-state index in [1.807, 2.05) is 11.8 Å². The predicted molar refractivity (Wildman–Crippen MR) is 95.1 cm³/mol. The van der Waals surface area contributed by atoms with Crippen LogP contribution in [0.1, 0.15) is 30.6 Å². The molecule has 25 heavy (non-hydrogen) atoms. The van der Waals surface area contributed by atoms with Crippen LogP contribution < -0.4 is 10.2 Å². The van der Waals surface area contributed by atoms with Crippen molar-refractivity contribution >= 4 is 23.1 Å². The molecule has 1 aliphatic rings. The van der Waals surface area contributed by atoms with Crippen molar-refractivity contribution in [2.45, 2.75) is 20.3 Å². The molecule has 1 aliphatic heterocycles. The molecule has 0 saturated carbocycles. The first-order chi connectivity index (χ1) is 11.9. The molecule has 1 fully saturated rings. The zero-order chi connectivity index (χ0) is 18.4. The van der Waals surface area contributed by atoms with Gasteiger partial charge in [0.1, 0.15) is 5.69 Å². The van der Waals surface area contributed by atoms with E-state index in [1.165, 1.54) is 13.0 Å². The minimum atomic E-state index is -0.445. The van der Waals surface area contributed by atoms with Crippen molar-refractivity contribution in [1.29, 1.82) is 0 Å². The largest absolute Gasteiger partial charge is 0.365 e. The second kappa shape index (κ2) is 8.57. The fraction of sp³-hybridized carbons (Fsp3) is 0.529. The highest BCUT2D eigenvalue weighted by atomic mass is 16.6. The topological polar surface area (TPSA) is 95.8 Å². The first kappa shape index (κ1) is 18.9. The summed E-state index contributed by atoms with van der Waals surface area (Å²) in [5, 5.41) is 14.2. The van der Waals surface area contributed by atoms with E-state index in [0.717, 1.165) is 13.0 Å². The molecule has 1 amide bonds. The van der Waals surface area contributed by atoms with Gasteiger partial charge in [0.2, 0.25) is 5.91 Å². The Morgan fingerprint density at radius 2 is 2.00 bits per heavy atom. The second-order valence-corrected chi connectivity index (χ2v) is 6.09. The van der Waals surface area contributed by atoms with E-state index >= 15 is 0 Å². The molecule has 136 valence electrons. The zero-order valence-corrected chi connectivity index (χ0v) is 14.7. The van der Waals surface area contributed by atoms with Crippen molar-refractivity contribution in [3.8, 4) is 0 Å². The van der Waals surface area contributed by atoms with Crippen molar-refractivity contribution in [2.24, 2.45) is 0 Å². The predicted octanol–water partition coefficient (Wildman–Crippen LogP) is 1.45. The van der Waals surface area contributed by atoms with E-state index < -0.39 is 4.92 Å². The normalized spacial score (nSPS) is 15.5. The van der Waals surface area contributed by atoms with Gasteiger partial charge in [-0.1, -0.05) is 0 Å². The third kappa shape index (κ3) is 4.99. The van der Waals surface area contributed by atoms with Crippen LogP contribution in [0.25, 0.3) is 0 Å². The molecule has 1 heterocycles. The maximum absolute atomic E-state index is 11.7. The van der Waals surface area contributed by atoms with Gasteiger partial charge in [-0.25, -0.2) is 0 Å². The summed E-state index contributed by atoms with van der Waals surface area (Å²) in [5.74, 6) is -0.202. The van der Waals surface area contributed by atoms with Gasteiger partial charge in [-0.05, 0) is 32.4 Å². The van der Waals surface area contributed by atoms with Gasteiger partial charge in [0.25, 0.3) is 5.69 Å². The Hall–Kier alpha value is -2.48. The lowest BCUT2D eigenvalue weighted by molar-refractivity contribution is -0.384. The molecule has 1 saturated heterocycles. The van der Waals surface area contributed by atoms with Crippen LogP contribution in [0.3, 0.4) is 0 Å². The van der Waals surface area contributed by atoms with E-state index in [-0.39, 0.29) is 17.4 Å². The molecule has 8 heteroatoms. The molecule has 0 aromatic heterocycles. The van der Waals surface area contributed by atoms with Crippen LogP contribution in [0.2, 0.25) is 0 Å². The third-order valence-electron chi connectivity index (χ3n) is 4.25. The highest BCUT2D eigenvalue weighted by molar-refractivity contribution is 5.95. The lowest BCUT2D eigenvalue weighted by atomic mass is 10.1. The summed E-state index contributed by atoms with van der Waals surface area (Å²) in [6.07, 6.45) is 0.811. The summed E-state index contributed by atoms with van der Waals surface area (Å²) >= 11 is 0. The second-order valence-electron chi connectivity index (χ2n) is 6.09. The summed E-state index contributed by atoms with van der Waals surface area (Å²) in [5.41, 5.74) is 0.808. The fourth-order valence-corrected chi connectivity index (χ4v) is 2.98. The Kier molecular flexibility index (Phi) is 6.46. The molecule has 0 spiro atoms. The van der Waals surface area contributed by atoms with Crippen molar-refractivity contribution in [3.63, 3.8) is 0 Å². The number of benzene rings is 1. The Morgan fingerprint density at radius 1 is 1.24 bits per heavy atom. The van der Waals surface area contributed by atoms with E-state index in [0.29, 0.717) is 44.0 Å². The van der Waals surface area contributed by atoms with Gasteiger partial charge >= 0.3 is 0 Å². The molecule has 0 unspecified atom stereocenters. The number of rotatable bonds is 6. The Bertz CT molecular complexity index is 662. The minimum absolute atomic E-state index is 0.00672. The van der Waals surface area contributed by atoms with Crippen LogP contribution in [-0.2, 0) is 4.79 Å². The van der Waals surface area contributed by atoms with Crippen LogP contribution in [0.4, 0.5) is 11.4 Å². The van der Waals surface area contributed by atoms with Crippen LogP contribution >= 0.6 is 0 Å². The number of amides is 1. The molecular weight excluding hydrogens is 324 g/mol. The van der Waals surface area contributed by atoms with Crippen LogP contribution in [0.5, 0.6) is 0 Å². The van der Waals surface area contributed by atoms with E-state index in [4.69, 9.17) is 0 Å². The molecule has 0 radical (unpaired) electrons. The number of nitrogens with one attached hydrogen (secondary N) is 1. The molecule has 0 aliphatic carbocycles. The molecule has 2 rings (SSSR count). The van der Waals surface area contributed by atoms with E-state index in [9.17, 15) is 19.7 Å². The maximum Gasteiger partial charge on any atom is 0.293 e. The highest BCUT2D eigenvalue weighted by Gasteiger charge is 2.24. The first-order valence-corrected chi connectivity index (χ1v) is 8.45. The Morgan fingerprint density at radius 3 is 2.64 bits per heavy atom. The highest BCUT2D eigenvalue weighted by Crippen LogP contribution is 2.30. The summed E-state index contributed by atoms with van der Waals surface area (Å²) in [4.78, 5) is 38.2. The molecule has 1 N–H and O–H groups in total. The van der Waals surface area contributed by atoms with Crippen LogP contribution in [-0.4, -0.2) is 60.8 Å². The van der Waals surface area contributed by atoms with Crippen molar-refractivity contribution < 1.29 is 14.5 Å². The number of carbonyl (C=O) groups is 2. The number of hydrogen-bond acceptors (Lipinski definition) is 6. The average Bonchev–Trinajstić information content (AvgIpc) is 2.80. The number of nitro benzene ring substituents is 1. The smallest absolute Gasteiger partial charge is 0.293 e. The van der Waals surface area contributed by atoms with Gasteiger partial charge in [-0.3, -0.25) is 24.6 Å². The molecule has 0 bridgehead atoms. The number of hydrogen-bond donors (Lipinski definition) is 1. The molecule has 1 aromatic carbocycles. The van der Waals surface area contributed by atoms with Crippen molar-refractivity contribution in [1.82, 2.24) is 10.2 Å². The van der Waals surface area contributed by atoms with Crippen molar-refractivity contribution in [2.75, 3.05) is 44.2 Å². The average molecular weight is 348 g/mol. The van der Waals surface area contributed by atoms with Gasteiger partial charge in [0, 0.05) is 44.4 Å². The number of ketones is 1. The van der Waals surface area contributed by atoms with Gasteiger partial charge in [-0.15, -0.1) is 0 Å². The van der Waals surface area contributed by atoms with Gasteiger partial charge in [-0.2, -0.15) is 0 Å². The lowest BCUT2D eigenvalue weighted by Crippen LogP contribution is -2.39. The lowest BCUT2D eigenvalue weighted by Gasteiger charge is -2.23. The first-order valence-electron chi connectivity index (χ1n) is 8.45. The number of carbonyl (C=O) groups excluding carboxylic acids is 2. The number of nitro groups is 1. The monoisotopic (exact) mass is 348 g/mol. The zero-order valence-electron chi connectivity index (χ0n) is 14.7. The maximum atomic E-state index is 11.7. The number of nitrogens with zero attached hydrogens (tertiary/aromatic N) is 3. The summed E-state index contributed by atoms with van der Waals surface area (Å²) in [6.45, 7) is 6.91. The van der Waals surface area contributed by atoms with Crippen LogP contribution in [0, 0.1) is 10.1 Å². The Balaban J connectivity index is 2.13. The molecule has 0 atom stereocenters. The van der Waals surface area contributed by atoms with Gasteiger partial charge in [0.15, 0.2) is 5.78 Å². The quantitative estimate of drug-likeness (QED) is 0.475. The number of Topliss-reactive ketones (excluding diaryl/α,β-unsaturated/α-hetero) is 1. The molecular formula is C17H24N4O4. The molecule has 8 nitrogen and oxygen atoms in total. The summed E-state index contributed by atoms with van der Waals surface area (Å²) in [7, 11) is 0. The Labute approximate surface area is 146 Å². The van der Waals surface area contributed by atoms with Crippen LogP contribution in [0.15, 0.2) is 18.2 Å². The number of anilines is 1. The SMILES string of the molecule is CCNC(=O)CN1CCCN(c2ccc(C(C)=O)cc2[N+](=O)[O-])CC1. The minimum Gasteiger partial charge on any atom is -0.365 e. The summed E-state index contributed by atoms with van der Waals surface area (Å²) in [6, 6.07) is 4.62. The van der Waals surface area contributed by atoms with Gasteiger partial charge in [0.05, 0.1) is 11.5 Å².